The van der Waals surface area contributed by atoms with Gasteiger partial charge in [-0.1, -0.05) is 12.1 Å². The lowest BCUT2D eigenvalue weighted by molar-refractivity contribution is 0.0944. The Hall–Kier alpha value is -2.34. The van der Waals surface area contributed by atoms with Gasteiger partial charge in [0.05, 0.1) is 24.8 Å². The molecule has 1 aromatic heterocycles. The number of imidazole rings is 1. The van der Waals surface area contributed by atoms with Crippen molar-refractivity contribution >= 4 is 11.6 Å². The van der Waals surface area contributed by atoms with Crippen molar-refractivity contribution in [2.45, 2.75) is 25.3 Å². The van der Waals surface area contributed by atoms with E-state index in [0.717, 1.165) is 49.4 Å². The summed E-state index contributed by atoms with van der Waals surface area (Å²) in [5.41, 5.74) is 1.74. The van der Waals surface area contributed by atoms with Crippen LogP contribution in [0.5, 0.6) is 0 Å². The molecule has 1 unspecified atom stereocenters. The number of hydrogen-bond acceptors (Lipinski definition) is 4. The summed E-state index contributed by atoms with van der Waals surface area (Å²) in [6.07, 6.45) is 7.10. The Morgan fingerprint density at radius 2 is 2.12 bits per heavy atom. The molecule has 2 aliphatic rings. The molecule has 2 aromatic rings. The van der Waals surface area contributed by atoms with Gasteiger partial charge in [-0.15, -0.1) is 0 Å². The second-order valence-corrected chi connectivity index (χ2v) is 6.62. The summed E-state index contributed by atoms with van der Waals surface area (Å²) in [5, 5.41) is 3.13. The van der Waals surface area contributed by atoms with Crippen molar-refractivity contribution in [2.24, 2.45) is 0 Å². The third-order valence-corrected chi connectivity index (χ3v) is 5.08. The van der Waals surface area contributed by atoms with E-state index in [4.69, 9.17) is 4.74 Å². The van der Waals surface area contributed by atoms with Crippen LogP contribution in [0.4, 0.5) is 5.69 Å². The summed E-state index contributed by atoms with van der Waals surface area (Å²) in [6.45, 7) is 3.71. The Labute approximate surface area is 147 Å². The van der Waals surface area contributed by atoms with Gasteiger partial charge in [-0.25, -0.2) is 4.98 Å². The van der Waals surface area contributed by atoms with Gasteiger partial charge in [0.25, 0.3) is 5.91 Å². The van der Waals surface area contributed by atoms with Gasteiger partial charge >= 0.3 is 0 Å². The van der Waals surface area contributed by atoms with E-state index in [2.05, 4.69) is 19.8 Å². The lowest BCUT2D eigenvalue weighted by Gasteiger charge is -2.30. The molecule has 1 fully saturated rings. The summed E-state index contributed by atoms with van der Waals surface area (Å²) in [5.74, 6) is 1.12. The molecular formula is C19H24N4O2. The number of nitrogens with zero attached hydrogens (tertiary/aromatic N) is 3. The van der Waals surface area contributed by atoms with E-state index in [0.29, 0.717) is 25.8 Å². The van der Waals surface area contributed by atoms with Crippen molar-refractivity contribution in [2.75, 3.05) is 37.7 Å². The lowest BCUT2D eigenvalue weighted by atomic mass is 10.0. The number of fused-ring (bicyclic) bond motifs is 1. The van der Waals surface area contributed by atoms with Crippen LogP contribution >= 0.6 is 0 Å². The molecular weight excluding hydrogens is 316 g/mol. The quantitative estimate of drug-likeness (QED) is 0.925. The fraction of sp³-hybridized carbons (Fsp3) is 0.474. The minimum atomic E-state index is -0.00525. The molecule has 1 aromatic carbocycles. The van der Waals surface area contributed by atoms with Gasteiger partial charge in [0.15, 0.2) is 0 Å². The molecule has 0 spiro atoms. The van der Waals surface area contributed by atoms with Crippen molar-refractivity contribution in [3.63, 3.8) is 0 Å². The molecule has 1 amide bonds. The van der Waals surface area contributed by atoms with Crippen LogP contribution in [-0.4, -0.2) is 48.3 Å². The van der Waals surface area contributed by atoms with Crippen molar-refractivity contribution in [3.8, 4) is 0 Å². The smallest absolute Gasteiger partial charge is 0.253 e. The van der Waals surface area contributed by atoms with Crippen molar-refractivity contribution in [3.05, 3.63) is 48.0 Å². The maximum absolute atomic E-state index is 12.8. The molecule has 3 heterocycles. The van der Waals surface area contributed by atoms with Crippen LogP contribution in [0.25, 0.3) is 0 Å². The molecule has 1 atom stereocenters. The maximum Gasteiger partial charge on any atom is 0.253 e. The fourth-order valence-electron chi connectivity index (χ4n) is 3.76. The highest BCUT2D eigenvalue weighted by Crippen LogP contribution is 2.24. The summed E-state index contributed by atoms with van der Waals surface area (Å²) < 4.78 is 7.63. The molecule has 25 heavy (non-hydrogen) atoms. The molecule has 132 valence electrons. The van der Waals surface area contributed by atoms with E-state index in [1.807, 2.05) is 36.7 Å². The zero-order valence-corrected chi connectivity index (χ0v) is 14.4. The predicted molar refractivity (Wildman–Crippen MR) is 96.0 cm³/mol. The average molecular weight is 340 g/mol. The number of amides is 1. The zero-order chi connectivity index (χ0) is 17.1. The van der Waals surface area contributed by atoms with E-state index < -0.39 is 0 Å². The molecule has 0 saturated carbocycles. The van der Waals surface area contributed by atoms with Crippen LogP contribution in [0.3, 0.4) is 0 Å². The van der Waals surface area contributed by atoms with E-state index >= 15 is 0 Å². The minimum absolute atomic E-state index is 0.00525. The highest BCUT2D eigenvalue weighted by atomic mass is 16.5. The highest BCUT2D eigenvalue weighted by Gasteiger charge is 2.22. The van der Waals surface area contributed by atoms with Gasteiger partial charge in [0.1, 0.15) is 5.82 Å². The number of nitrogens with one attached hydrogen (secondary N) is 1. The van der Waals surface area contributed by atoms with E-state index in [1.165, 1.54) is 0 Å². The monoisotopic (exact) mass is 340 g/mol. The summed E-state index contributed by atoms with van der Waals surface area (Å²) >= 11 is 0. The number of morpholine rings is 1. The second-order valence-electron chi connectivity index (χ2n) is 6.62. The van der Waals surface area contributed by atoms with Gasteiger partial charge in [-0.05, 0) is 25.0 Å². The maximum atomic E-state index is 12.8. The molecule has 6 heteroatoms. The lowest BCUT2D eigenvalue weighted by Crippen LogP contribution is -2.38. The van der Waals surface area contributed by atoms with Gasteiger partial charge in [0.2, 0.25) is 0 Å². The molecule has 0 aliphatic carbocycles. The number of aromatic nitrogens is 2. The Bertz CT molecular complexity index is 737. The first-order chi connectivity index (χ1) is 12.3. The Morgan fingerprint density at radius 1 is 1.28 bits per heavy atom. The van der Waals surface area contributed by atoms with Crippen LogP contribution in [-0.2, 0) is 11.2 Å². The third-order valence-electron chi connectivity index (χ3n) is 5.08. The fourth-order valence-corrected chi connectivity index (χ4v) is 3.76. The van der Waals surface area contributed by atoms with Gasteiger partial charge in [0, 0.05) is 44.1 Å². The number of carbonyl (C=O) groups excluding carboxylic acids is 1. The summed E-state index contributed by atoms with van der Waals surface area (Å²) in [7, 11) is 0. The van der Waals surface area contributed by atoms with Gasteiger partial charge < -0.3 is 19.5 Å². The van der Waals surface area contributed by atoms with Crippen molar-refractivity contribution in [1.29, 1.82) is 0 Å². The standard InChI is InChI=1S/C19H24N4O2/c24-19(21-14-15-4-3-7-18-20-8-9-23(15)18)16-5-1-2-6-17(16)22-10-12-25-13-11-22/h1-2,5-6,8-9,15H,3-4,7,10-14H2,(H,21,24). The first-order valence-electron chi connectivity index (χ1n) is 9.04. The number of para-hydroxylation sites is 1. The van der Waals surface area contributed by atoms with Crippen LogP contribution in [0.1, 0.15) is 35.1 Å². The molecule has 1 saturated heterocycles. The Morgan fingerprint density at radius 3 is 3.00 bits per heavy atom. The average Bonchev–Trinajstić information content (AvgIpc) is 3.16. The van der Waals surface area contributed by atoms with E-state index in [-0.39, 0.29) is 5.91 Å². The van der Waals surface area contributed by atoms with Crippen molar-refractivity contribution < 1.29 is 9.53 Å². The zero-order valence-electron chi connectivity index (χ0n) is 14.4. The Balaban J connectivity index is 1.45. The number of ether oxygens (including phenoxy) is 1. The second kappa shape index (κ2) is 7.27. The first-order valence-corrected chi connectivity index (χ1v) is 9.04. The largest absolute Gasteiger partial charge is 0.378 e. The van der Waals surface area contributed by atoms with Gasteiger partial charge in [-0.2, -0.15) is 0 Å². The van der Waals surface area contributed by atoms with Crippen LogP contribution in [0.2, 0.25) is 0 Å². The molecule has 2 aliphatic heterocycles. The number of anilines is 1. The van der Waals surface area contributed by atoms with Crippen LogP contribution in [0, 0.1) is 0 Å². The van der Waals surface area contributed by atoms with Gasteiger partial charge in [-0.3, -0.25) is 4.79 Å². The van der Waals surface area contributed by atoms with Crippen LogP contribution in [0.15, 0.2) is 36.7 Å². The summed E-state index contributed by atoms with van der Waals surface area (Å²) in [4.78, 5) is 19.4. The number of rotatable bonds is 4. The Kier molecular flexibility index (Phi) is 4.70. The molecule has 0 bridgehead atoms. The number of hydrogen-bond donors (Lipinski definition) is 1. The molecule has 1 N–H and O–H groups in total. The minimum Gasteiger partial charge on any atom is -0.378 e. The predicted octanol–water partition coefficient (Wildman–Crippen LogP) is 2.03. The van der Waals surface area contributed by atoms with Crippen molar-refractivity contribution in [1.82, 2.24) is 14.9 Å². The molecule has 4 rings (SSSR count). The third kappa shape index (κ3) is 3.39. The van der Waals surface area contributed by atoms with E-state index in [1.54, 1.807) is 0 Å². The normalized spacial score (nSPS) is 20.2. The number of carbonyl (C=O) groups is 1. The molecule has 0 radical (unpaired) electrons. The topological polar surface area (TPSA) is 59.4 Å². The number of benzene rings is 1. The number of aryl methyl sites for hydroxylation is 1. The van der Waals surface area contributed by atoms with E-state index in [9.17, 15) is 4.79 Å². The summed E-state index contributed by atoms with van der Waals surface area (Å²) in [6, 6.07) is 8.14. The molecule has 6 nitrogen and oxygen atoms in total. The highest BCUT2D eigenvalue weighted by molar-refractivity contribution is 5.99. The SMILES string of the molecule is O=C(NCC1CCCc2nccn21)c1ccccc1N1CCOCC1. The first kappa shape index (κ1) is 16.1. The van der Waals surface area contributed by atoms with Crippen LogP contribution < -0.4 is 10.2 Å².